The van der Waals surface area contributed by atoms with Crippen molar-refractivity contribution in [1.29, 1.82) is 0 Å². The molecule has 204 valence electrons. The molecule has 2 heterocycles. The van der Waals surface area contributed by atoms with E-state index >= 15 is 8.78 Å². The van der Waals surface area contributed by atoms with Gasteiger partial charge in [-0.15, -0.1) is 0 Å². The third-order valence-corrected chi connectivity index (χ3v) is 6.63. The van der Waals surface area contributed by atoms with Gasteiger partial charge in [0.25, 0.3) is 19.6 Å². The highest BCUT2D eigenvalue weighted by molar-refractivity contribution is 7.36. The Morgan fingerprint density at radius 2 is 1.89 bits per heavy atom. The number of ether oxygens (including phenoxy) is 2. The molecular weight excluding hydrogens is 519 g/mol. The number of para-hydroxylation sites is 1. The number of nitrogens with one attached hydrogen (secondary N) is 1. The molecule has 2 aromatic rings. The molecule has 0 saturated carbocycles. The van der Waals surface area contributed by atoms with Crippen LogP contribution < -0.4 is 16.1 Å². The van der Waals surface area contributed by atoms with Crippen LogP contribution in [0.1, 0.15) is 33.9 Å². The molecule has 37 heavy (non-hydrogen) atoms. The average Bonchev–Trinajstić information content (AvgIpc) is 3.01. The van der Waals surface area contributed by atoms with Crippen LogP contribution >= 0.6 is 8.18 Å². The van der Waals surface area contributed by atoms with E-state index in [-0.39, 0.29) is 5.75 Å². The number of aromatic nitrogens is 2. The number of hydroxylamine groups is 1. The number of aromatic amines is 1. The third kappa shape index (κ3) is 6.33. The predicted octanol–water partition coefficient (Wildman–Crippen LogP) is 1.86. The molecule has 6 atom stereocenters. The number of nitrogens with zero attached hydrogens (tertiary/aromatic N) is 2. The van der Waals surface area contributed by atoms with Gasteiger partial charge in [0, 0.05) is 12.3 Å². The lowest BCUT2D eigenvalue weighted by Gasteiger charge is -2.29. The highest BCUT2D eigenvalue weighted by atomic mass is 31.1. The van der Waals surface area contributed by atoms with Crippen LogP contribution in [0.25, 0.3) is 0 Å². The predicted molar refractivity (Wildman–Crippen MR) is 125 cm³/mol. The summed E-state index contributed by atoms with van der Waals surface area (Å²) in [5.41, 5.74) is -4.76. The molecule has 1 saturated heterocycles. The van der Waals surface area contributed by atoms with Crippen LogP contribution in [0, 0.1) is 0 Å². The maximum Gasteiger partial charge on any atom is 0.330 e. The van der Waals surface area contributed by atoms with Crippen molar-refractivity contribution in [2.24, 2.45) is 0 Å². The van der Waals surface area contributed by atoms with Crippen molar-refractivity contribution < 1.29 is 42.1 Å². The first kappa shape index (κ1) is 28.7. The van der Waals surface area contributed by atoms with Gasteiger partial charge in [0.15, 0.2) is 18.0 Å². The molecule has 2 N–H and O–H groups in total. The summed E-state index contributed by atoms with van der Waals surface area (Å²) in [7, 11) is -3.59. The Balaban J connectivity index is 1.81. The van der Waals surface area contributed by atoms with Crippen LogP contribution in [0.2, 0.25) is 0 Å². The van der Waals surface area contributed by atoms with E-state index in [9.17, 15) is 24.1 Å². The molecule has 1 aliphatic rings. The third-order valence-electron chi connectivity index (χ3n) is 5.40. The van der Waals surface area contributed by atoms with Gasteiger partial charge < -0.3 is 23.9 Å². The zero-order chi connectivity index (χ0) is 27.5. The standard InChI is InChI=1S/C22H28F2N3O9P/c1-13(2)34-17(29)14(3)27(36-15-8-6-5-7-9-15)37(32)33-12-22(24)18(30)21(4,23)19(35-22)26-11-10-16(28)25-20(26)31/h5-11,13-14,18-19,30,37H,12H2,1-4H3,(H,25,28,31)/t14?,18-,19+,21+,22+/m0/s1. The van der Waals surface area contributed by atoms with E-state index in [1.165, 1.54) is 19.1 Å². The number of hydrogen-bond acceptors (Lipinski definition) is 9. The topological polar surface area (TPSA) is 149 Å². The molecule has 0 bridgehead atoms. The van der Waals surface area contributed by atoms with Crippen molar-refractivity contribution in [3.05, 3.63) is 63.4 Å². The summed E-state index contributed by atoms with van der Waals surface area (Å²) < 4.78 is 59.9. The summed E-state index contributed by atoms with van der Waals surface area (Å²) in [4.78, 5) is 43.9. The Labute approximate surface area is 210 Å². The van der Waals surface area contributed by atoms with Gasteiger partial charge in [-0.1, -0.05) is 23.0 Å². The van der Waals surface area contributed by atoms with Gasteiger partial charge in [0.1, 0.15) is 18.4 Å². The summed E-state index contributed by atoms with van der Waals surface area (Å²) in [6.45, 7) is 4.06. The number of halogens is 2. The Kier molecular flexibility index (Phi) is 8.70. The first-order valence-corrected chi connectivity index (χ1v) is 12.5. The Morgan fingerprint density at radius 1 is 1.24 bits per heavy atom. The molecule has 1 unspecified atom stereocenters. The average molecular weight is 547 g/mol. The lowest BCUT2D eigenvalue weighted by Crippen LogP contribution is -2.47. The molecule has 15 heteroatoms. The summed E-state index contributed by atoms with van der Waals surface area (Å²) in [6, 6.07) is 7.53. The maximum absolute atomic E-state index is 15.6. The van der Waals surface area contributed by atoms with Gasteiger partial charge in [0.2, 0.25) is 0 Å². The first-order chi connectivity index (χ1) is 17.3. The smallest absolute Gasteiger partial charge is 0.330 e. The minimum absolute atomic E-state index is 0.176. The number of benzene rings is 1. The van der Waals surface area contributed by atoms with Crippen molar-refractivity contribution in [2.75, 3.05) is 6.61 Å². The number of H-pyrrole nitrogens is 1. The number of alkyl halides is 2. The van der Waals surface area contributed by atoms with E-state index in [1.807, 2.05) is 4.98 Å². The van der Waals surface area contributed by atoms with Crippen LogP contribution in [0.4, 0.5) is 8.78 Å². The van der Waals surface area contributed by atoms with E-state index in [2.05, 4.69) is 0 Å². The Morgan fingerprint density at radius 3 is 2.49 bits per heavy atom. The summed E-state index contributed by atoms with van der Waals surface area (Å²) >= 11 is 0. The quantitative estimate of drug-likeness (QED) is 0.256. The number of carbonyl (C=O) groups is 1. The zero-order valence-electron chi connectivity index (χ0n) is 20.4. The molecule has 1 aromatic heterocycles. The van der Waals surface area contributed by atoms with Gasteiger partial charge in [-0.3, -0.25) is 23.7 Å². The molecule has 0 radical (unpaired) electrons. The summed E-state index contributed by atoms with van der Waals surface area (Å²) in [5.74, 6) is -3.91. The summed E-state index contributed by atoms with van der Waals surface area (Å²) in [6.07, 6.45) is -4.11. The van der Waals surface area contributed by atoms with Gasteiger partial charge in [-0.25, -0.2) is 13.6 Å². The van der Waals surface area contributed by atoms with Crippen molar-refractivity contribution >= 4 is 14.1 Å². The molecule has 0 aliphatic carbocycles. The fourth-order valence-electron chi connectivity index (χ4n) is 3.50. The number of esters is 1. The van der Waals surface area contributed by atoms with Crippen LogP contribution in [0.5, 0.6) is 5.75 Å². The van der Waals surface area contributed by atoms with Crippen LogP contribution in [0.15, 0.2) is 52.2 Å². The molecule has 3 rings (SSSR count). The van der Waals surface area contributed by atoms with E-state index in [0.717, 1.165) is 19.2 Å². The van der Waals surface area contributed by atoms with Gasteiger partial charge in [0.05, 0.1) is 6.10 Å². The molecule has 1 fully saturated rings. The highest BCUT2D eigenvalue weighted by Gasteiger charge is 2.65. The van der Waals surface area contributed by atoms with Crippen molar-refractivity contribution in [1.82, 2.24) is 14.4 Å². The Bertz CT molecular complexity index is 1240. The van der Waals surface area contributed by atoms with Crippen molar-refractivity contribution in [2.45, 2.75) is 63.7 Å². The highest BCUT2D eigenvalue weighted by Crippen LogP contribution is 2.48. The monoisotopic (exact) mass is 547 g/mol. The number of aliphatic hydroxyl groups is 1. The van der Waals surface area contributed by atoms with Crippen molar-refractivity contribution in [3.8, 4) is 5.75 Å². The van der Waals surface area contributed by atoms with E-state index < -0.39 is 68.0 Å². The van der Waals surface area contributed by atoms with Crippen LogP contribution in [0.3, 0.4) is 0 Å². The number of rotatable bonds is 10. The fraction of sp³-hybridized carbons (Fsp3) is 0.500. The van der Waals surface area contributed by atoms with Crippen molar-refractivity contribution in [3.63, 3.8) is 0 Å². The van der Waals surface area contributed by atoms with Gasteiger partial charge in [-0.2, -0.15) is 0 Å². The minimum Gasteiger partial charge on any atom is -0.462 e. The normalized spacial score (nSPS) is 27.3. The lowest BCUT2D eigenvalue weighted by atomic mass is 9.97. The summed E-state index contributed by atoms with van der Waals surface area (Å²) in [5, 5.41) is 10.4. The maximum atomic E-state index is 15.6. The largest absolute Gasteiger partial charge is 0.462 e. The van der Waals surface area contributed by atoms with E-state index in [1.54, 1.807) is 32.0 Å². The fourth-order valence-corrected chi connectivity index (χ4v) is 4.54. The Hall–Kier alpha value is -2.90. The van der Waals surface area contributed by atoms with Crippen LogP contribution in [-0.4, -0.2) is 61.8 Å². The van der Waals surface area contributed by atoms with Gasteiger partial charge >= 0.3 is 11.7 Å². The molecule has 1 aliphatic heterocycles. The first-order valence-electron chi connectivity index (χ1n) is 11.2. The lowest BCUT2D eigenvalue weighted by molar-refractivity contribution is -0.204. The molecular formula is C22H28F2N3O9P. The molecule has 1 aromatic carbocycles. The van der Waals surface area contributed by atoms with E-state index in [4.69, 9.17) is 18.8 Å². The van der Waals surface area contributed by atoms with E-state index in [0.29, 0.717) is 9.40 Å². The second-order valence-electron chi connectivity index (χ2n) is 8.77. The second kappa shape index (κ2) is 11.2. The second-order valence-corrected chi connectivity index (χ2v) is 10.0. The number of aliphatic hydroxyl groups excluding tert-OH is 1. The van der Waals surface area contributed by atoms with Crippen LogP contribution in [-0.2, 0) is 23.4 Å². The zero-order valence-corrected chi connectivity index (χ0v) is 21.4. The minimum atomic E-state index is -3.59. The molecule has 0 spiro atoms. The number of hydrogen-bond donors (Lipinski definition) is 2. The SMILES string of the molecule is CC(C)OC(=O)C(C)N(Oc1ccccc1)[P@@H](=O)OC[C@@]1(F)O[C@@H](n2ccc(=O)[nH]c2=O)[C@](C)(F)[C@@H]1O. The molecule has 0 amide bonds. The van der Waals surface area contributed by atoms with Gasteiger partial charge in [-0.05, 0) is 39.8 Å². The number of carbonyl (C=O) groups excluding carboxylic acids is 1. The molecule has 12 nitrogen and oxygen atoms in total.